The molecule has 2 heterocycles. The maximum absolute atomic E-state index is 13.4. The third-order valence-electron chi connectivity index (χ3n) is 9.69. The third-order valence-corrected chi connectivity index (χ3v) is 9.69. The number of pyridine rings is 1. The highest BCUT2D eigenvalue weighted by molar-refractivity contribution is 5.83. The molecule has 0 amide bonds. The van der Waals surface area contributed by atoms with Gasteiger partial charge in [-0.15, -0.1) is 5.10 Å². The molecule has 4 fully saturated rings. The first-order valence-corrected chi connectivity index (χ1v) is 14.8. The van der Waals surface area contributed by atoms with Crippen molar-refractivity contribution in [3.05, 3.63) is 75.8 Å². The molecular formula is C32H38N6O3. The first kappa shape index (κ1) is 26.2. The average Bonchev–Trinajstić information content (AvgIpc) is 3.38. The Labute approximate surface area is 239 Å². The van der Waals surface area contributed by atoms with Crippen LogP contribution in [0.4, 0.5) is 0 Å². The summed E-state index contributed by atoms with van der Waals surface area (Å²) in [5, 5.41) is 13.7. The fourth-order valence-corrected chi connectivity index (χ4v) is 8.48. The number of benzene rings is 2. The summed E-state index contributed by atoms with van der Waals surface area (Å²) in [6.07, 6.45) is 8.12. The maximum Gasteiger partial charge on any atom is 0.252 e. The van der Waals surface area contributed by atoms with E-state index in [0.29, 0.717) is 36.5 Å². The fraction of sp³-hybridized carbons (Fsp3) is 0.500. The van der Waals surface area contributed by atoms with Crippen molar-refractivity contribution in [2.75, 3.05) is 20.8 Å². The van der Waals surface area contributed by atoms with Gasteiger partial charge in [0.15, 0.2) is 17.3 Å². The molecule has 9 heteroatoms. The Hall–Kier alpha value is -3.72. The summed E-state index contributed by atoms with van der Waals surface area (Å²) >= 11 is 0. The van der Waals surface area contributed by atoms with Crippen LogP contribution in [-0.2, 0) is 19.6 Å². The van der Waals surface area contributed by atoms with E-state index in [4.69, 9.17) is 9.47 Å². The van der Waals surface area contributed by atoms with Gasteiger partial charge in [-0.1, -0.05) is 30.3 Å². The molecule has 0 atom stereocenters. The van der Waals surface area contributed by atoms with Crippen LogP contribution in [0.25, 0.3) is 10.9 Å². The van der Waals surface area contributed by atoms with Crippen molar-refractivity contribution in [2.45, 2.75) is 58.2 Å². The standard InChI is InChI=1S/C32H38N6O3/c1-40-28-12-25-11-26(31(39)33-27(25)13-29(28)41-2)18-37(20-32-14-22-8-23(15-32)10-24(9-22)16-32)19-30-34-35-36-38(30)17-21-6-4-3-5-7-21/h3-7,11-13,22-24H,8-10,14-20H2,1-2H3,(H,33,39). The highest BCUT2D eigenvalue weighted by Crippen LogP contribution is 2.60. The maximum atomic E-state index is 13.4. The highest BCUT2D eigenvalue weighted by atomic mass is 16.5. The number of nitrogens with one attached hydrogen (secondary N) is 1. The van der Waals surface area contributed by atoms with E-state index >= 15 is 0 Å². The van der Waals surface area contributed by atoms with Crippen molar-refractivity contribution in [1.29, 1.82) is 0 Å². The van der Waals surface area contributed by atoms with E-state index in [1.54, 1.807) is 14.2 Å². The van der Waals surface area contributed by atoms with Crippen molar-refractivity contribution in [3.8, 4) is 11.5 Å². The first-order chi connectivity index (χ1) is 20.0. The minimum Gasteiger partial charge on any atom is -0.493 e. The van der Waals surface area contributed by atoms with Gasteiger partial charge in [-0.05, 0) is 89.8 Å². The molecule has 1 N–H and O–H groups in total. The number of ether oxygens (including phenoxy) is 2. The summed E-state index contributed by atoms with van der Waals surface area (Å²) < 4.78 is 12.9. The SMILES string of the molecule is COc1cc2cc(CN(Cc3nnnn3Cc3ccccc3)CC34CC5CC(CC(C5)C3)C4)c(=O)[nH]c2cc1OC. The summed E-state index contributed by atoms with van der Waals surface area (Å²) in [5.74, 6) is 4.64. The van der Waals surface area contributed by atoms with Gasteiger partial charge in [0.2, 0.25) is 0 Å². The number of tetrazole rings is 1. The molecule has 0 spiro atoms. The lowest BCUT2D eigenvalue weighted by Crippen LogP contribution is -2.51. The quantitative estimate of drug-likeness (QED) is 0.301. The normalized spacial score (nSPS) is 24.8. The number of H-pyrrole nitrogens is 1. The first-order valence-electron chi connectivity index (χ1n) is 14.8. The predicted octanol–water partition coefficient (Wildman–Crippen LogP) is 4.80. The van der Waals surface area contributed by atoms with Gasteiger partial charge in [0.1, 0.15) is 0 Å². The summed E-state index contributed by atoms with van der Waals surface area (Å²) in [4.78, 5) is 18.9. The average molecular weight is 555 g/mol. The van der Waals surface area contributed by atoms with Crippen LogP contribution in [0.2, 0.25) is 0 Å². The molecule has 214 valence electrons. The number of aromatic amines is 1. The Balaban J connectivity index is 1.21. The molecule has 4 aliphatic carbocycles. The van der Waals surface area contributed by atoms with Gasteiger partial charge in [-0.25, -0.2) is 4.68 Å². The van der Waals surface area contributed by atoms with Crippen LogP contribution in [-0.4, -0.2) is 50.9 Å². The van der Waals surface area contributed by atoms with Gasteiger partial charge < -0.3 is 14.5 Å². The van der Waals surface area contributed by atoms with Gasteiger partial charge in [0.25, 0.3) is 5.56 Å². The Bertz CT molecular complexity index is 1560. The summed E-state index contributed by atoms with van der Waals surface area (Å²) in [6.45, 7) is 2.69. The van der Waals surface area contributed by atoms with Gasteiger partial charge >= 0.3 is 0 Å². The Kier molecular flexibility index (Phi) is 6.77. The molecule has 2 aromatic carbocycles. The van der Waals surface area contributed by atoms with E-state index in [1.165, 1.54) is 38.5 Å². The van der Waals surface area contributed by atoms with Crippen LogP contribution in [0.15, 0.2) is 53.3 Å². The van der Waals surface area contributed by atoms with Crippen LogP contribution in [0.1, 0.15) is 55.5 Å². The van der Waals surface area contributed by atoms with Crippen molar-refractivity contribution >= 4 is 10.9 Å². The van der Waals surface area contributed by atoms with E-state index in [0.717, 1.165) is 52.2 Å². The minimum atomic E-state index is -0.0795. The largest absolute Gasteiger partial charge is 0.493 e. The summed E-state index contributed by atoms with van der Waals surface area (Å²) in [6, 6.07) is 16.0. The van der Waals surface area contributed by atoms with Crippen LogP contribution < -0.4 is 15.0 Å². The molecule has 4 saturated carbocycles. The number of rotatable bonds is 10. The molecule has 9 nitrogen and oxygen atoms in total. The molecule has 2 aromatic heterocycles. The summed E-state index contributed by atoms with van der Waals surface area (Å²) in [5.41, 5.74) is 2.85. The zero-order valence-electron chi connectivity index (χ0n) is 23.9. The lowest BCUT2D eigenvalue weighted by Gasteiger charge is -2.58. The number of methoxy groups -OCH3 is 2. The Morgan fingerprint density at radius 2 is 1.63 bits per heavy atom. The molecular weight excluding hydrogens is 516 g/mol. The minimum absolute atomic E-state index is 0.0795. The lowest BCUT2D eigenvalue weighted by atomic mass is 9.49. The van der Waals surface area contributed by atoms with E-state index < -0.39 is 0 Å². The highest BCUT2D eigenvalue weighted by Gasteiger charge is 2.51. The molecule has 41 heavy (non-hydrogen) atoms. The van der Waals surface area contributed by atoms with Gasteiger partial charge in [-0.3, -0.25) is 9.69 Å². The van der Waals surface area contributed by atoms with Crippen LogP contribution in [0.5, 0.6) is 11.5 Å². The van der Waals surface area contributed by atoms with E-state index in [1.807, 2.05) is 41.1 Å². The van der Waals surface area contributed by atoms with Crippen molar-refractivity contribution in [2.24, 2.45) is 23.2 Å². The lowest BCUT2D eigenvalue weighted by molar-refractivity contribution is -0.0718. The molecule has 4 aromatic rings. The second-order valence-corrected chi connectivity index (χ2v) is 12.7. The van der Waals surface area contributed by atoms with Crippen LogP contribution in [0.3, 0.4) is 0 Å². The second-order valence-electron chi connectivity index (χ2n) is 12.7. The zero-order valence-corrected chi connectivity index (χ0v) is 23.9. The van der Waals surface area contributed by atoms with Crippen molar-refractivity contribution < 1.29 is 9.47 Å². The molecule has 4 aliphatic rings. The van der Waals surface area contributed by atoms with Gasteiger partial charge in [0.05, 0.1) is 32.8 Å². The molecule has 8 rings (SSSR count). The van der Waals surface area contributed by atoms with E-state index in [2.05, 4.69) is 37.5 Å². The van der Waals surface area contributed by atoms with Crippen molar-refractivity contribution in [3.63, 3.8) is 0 Å². The zero-order chi connectivity index (χ0) is 28.0. The topological polar surface area (TPSA) is 98.2 Å². The number of hydrogen-bond donors (Lipinski definition) is 1. The van der Waals surface area contributed by atoms with Crippen LogP contribution >= 0.6 is 0 Å². The number of nitrogens with zero attached hydrogens (tertiary/aromatic N) is 5. The van der Waals surface area contributed by atoms with Gasteiger partial charge in [0, 0.05) is 30.1 Å². The monoisotopic (exact) mass is 554 g/mol. The van der Waals surface area contributed by atoms with E-state index in [9.17, 15) is 4.79 Å². The number of aromatic nitrogens is 5. The predicted molar refractivity (Wildman–Crippen MR) is 156 cm³/mol. The second kappa shape index (κ2) is 10.6. The Morgan fingerprint density at radius 3 is 2.32 bits per heavy atom. The van der Waals surface area contributed by atoms with E-state index in [-0.39, 0.29) is 5.56 Å². The number of hydrogen-bond acceptors (Lipinski definition) is 7. The molecule has 0 radical (unpaired) electrons. The smallest absolute Gasteiger partial charge is 0.252 e. The van der Waals surface area contributed by atoms with Crippen LogP contribution in [0, 0.1) is 23.2 Å². The molecule has 4 bridgehead atoms. The molecule has 0 saturated heterocycles. The summed E-state index contributed by atoms with van der Waals surface area (Å²) in [7, 11) is 3.23. The molecule has 0 unspecified atom stereocenters. The van der Waals surface area contributed by atoms with Crippen molar-refractivity contribution in [1.82, 2.24) is 30.1 Å². The number of fused-ring (bicyclic) bond motifs is 1. The molecule has 0 aliphatic heterocycles. The third kappa shape index (κ3) is 5.23. The van der Waals surface area contributed by atoms with Gasteiger partial charge in [-0.2, -0.15) is 0 Å². The fourth-order valence-electron chi connectivity index (χ4n) is 8.48. The Morgan fingerprint density at radius 1 is 0.951 bits per heavy atom.